The number of hydrogen-bond donors (Lipinski definition) is 0. The van der Waals surface area contributed by atoms with Gasteiger partial charge in [-0.25, -0.2) is 8.42 Å². The van der Waals surface area contributed by atoms with Gasteiger partial charge in [-0.15, -0.1) is 0 Å². The average molecular weight is 302 g/mol. The highest BCUT2D eigenvalue weighted by Gasteiger charge is 2.20. The van der Waals surface area contributed by atoms with E-state index in [4.69, 9.17) is 0 Å². The molecule has 0 aliphatic rings. The minimum atomic E-state index is -3.59. The Morgan fingerprint density at radius 3 is 2.05 bits per heavy atom. The van der Waals surface area contributed by atoms with Crippen LogP contribution in [0.4, 0.5) is 0 Å². The number of hydrogen-bond acceptors (Lipinski definition) is 3. The van der Waals surface area contributed by atoms with Crippen molar-refractivity contribution in [2.24, 2.45) is 0 Å². The molecule has 0 heterocycles. The summed E-state index contributed by atoms with van der Waals surface area (Å²) in [4.78, 5) is 12.3. The fourth-order valence-electron chi connectivity index (χ4n) is 2.01. The first-order valence-corrected chi connectivity index (χ1v) is 8.49. The highest BCUT2D eigenvalue weighted by atomic mass is 32.2. The quantitative estimate of drug-likeness (QED) is 0.797. The van der Waals surface area contributed by atoms with Crippen LogP contribution < -0.4 is 0 Å². The Bertz CT molecular complexity index is 727. The van der Waals surface area contributed by atoms with Crippen LogP contribution in [0.3, 0.4) is 0 Å². The molecule has 0 N–H and O–H groups in total. The molecule has 0 amide bonds. The van der Waals surface area contributed by atoms with Crippen LogP contribution in [0.5, 0.6) is 0 Å². The van der Waals surface area contributed by atoms with E-state index >= 15 is 0 Å². The minimum Gasteiger partial charge on any atom is -0.293 e. The number of ketones is 1. The Hall–Kier alpha value is -1.94. The fraction of sp³-hybridized carbons (Fsp3) is 0.235. The van der Waals surface area contributed by atoms with Crippen LogP contribution in [0, 0.1) is 6.92 Å². The molecule has 110 valence electrons. The molecule has 0 aromatic heterocycles. The summed E-state index contributed by atoms with van der Waals surface area (Å²) >= 11 is 0. The lowest BCUT2D eigenvalue weighted by Crippen LogP contribution is -2.16. The van der Waals surface area contributed by atoms with E-state index in [1.54, 1.807) is 24.3 Å². The first-order chi connectivity index (χ1) is 9.92. The molecule has 2 aromatic carbocycles. The maximum atomic E-state index is 12.2. The molecule has 0 unspecified atom stereocenters. The second-order valence-corrected chi connectivity index (χ2v) is 7.04. The van der Waals surface area contributed by atoms with E-state index in [0.29, 0.717) is 5.56 Å². The van der Waals surface area contributed by atoms with Crippen LogP contribution in [0.1, 0.15) is 28.4 Å². The van der Waals surface area contributed by atoms with Gasteiger partial charge in [0.1, 0.15) is 5.75 Å². The number of Topliss-reactive ketones (excluding diaryl/α,β-unsaturated/α-hetero) is 1. The third kappa shape index (κ3) is 3.79. The predicted molar refractivity (Wildman–Crippen MR) is 83.4 cm³/mol. The second kappa shape index (κ2) is 6.22. The Labute approximate surface area is 125 Å². The van der Waals surface area contributed by atoms with Gasteiger partial charge in [-0.05, 0) is 31.0 Å². The molecule has 0 aliphatic carbocycles. The van der Waals surface area contributed by atoms with Gasteiger partial charge in [-0.1, -0.05) is 48.9 Å². The zero-order chi connectivity index (χ0) is 15.5. The Kier molecular flexibility index (Phi) is 4.58. The smallest absolute Gasteiger partial charge is 0.185 e. The van der Waals surface area contributed by atoms with Crippen LogP contribution in [0.15, 0.2) is 53.4 Å². The summed E-state index contributed by atoms with van der Waals surface area (Å²) in [6, 6.07) is 13.6. The molecular formula is C17H18O3S. The van der Waals surface area contributed by atoms with Crippen LogP contribution in [-0.4, -0.2) is 20.0 Å². The van der Waals surface area contributed by atoms with E-state index < -0.39 is 15.6 Å². The number of benzene rings is 2. The summed E-state index contributed by atoms with van der Waals surface area (Å²) in [6.45, 7) is 3.91. The largest absolute Gasteiger partial charge is 0.293 e. The standard InChI is InChI=1S/C17H18O3S/c1-3-14-6-8-15(9-7-14)17(18)12-21(19,20)16-10-4-13(2)5-11-16/h4-11H,3,12H2,1-2H3. The van der Waals surface area contributed by atoms with Crippen molar-refractivity contribution in [1.82, 2.24) is 0 Å². The molecule has 3 nitrogen and oxygen atoms in total. The van der Waals surface area contributed by atoms with Crippen LogP contribution >= 0.6 is 0 Å². The lowest BCUT2D eigenvalue weighted by Gasteiger charge is -2.05. The SMILES string of the molecule is CCc1ccc(C(=O)CS(=O)(=O)c2ccc(C)cc2)cc1. The molecule has 21 heavy (non-hydrogen) atoms. The monoisotopic (exact) mass is 302 g/mol. The van der Waals surface area contributed by atoms with E-state index in [9.17, 15) is 13.2 Å². The molecule has 0 radical (unpaired) electrons. The number of aryl methyl sites for hydroxylation is 2. The number of sulfone groups is 1. The Morgan fingerprint density at radius 2 is 1.52 bits per heavy atom. The van der Waals surface area contributed by atoms with Gasteiger partial charge in [-0.3, -0.25) is 4.79 Å². The maximum absolute atomic E-state index is 12.2. The minimum absolute atomic E-state index is 0.187. The first-order valence-electron chi connectivity index (χ1n) is 6.84. The van der Waals surface area contributed by atoms with Crippen LogP contribution in [-0.2, 0) is 16.3 Å². The van der Waals surface area contributed by atoms with E-state index in [1.165, 1.54) is 12.1 Å². The van der Waals surface area contributed by atoms with E-state index in [2.05, 4.69) is 0 Å². The summed E-state index contributed by atoms with van der Waals surface area (Å²) in [6.07, 6.45) is 0.885. The van der Waals surface area contributed by atoms with Gasteiger partial charge < -0.3 is 0 Å². The van der Waals surface area contributed by atoms with Gasteiger partial charge in [0.15, 0.2) is 15.6 Å². The molecule has 0 bridgehead atoms. The fourth-order valence-corrected chi connectivity index (χ4v) is 3.24. The van der Waals surface area contributed by atoms with Crippen molar-refractivity contribution in [3.8, 4) is 0 Å². The first kappa shape index (κ1) is 15.4. The molecule has 0 saturated heterocycles. The van der Waals surface area contributed by atoms with Gasteiger partial charge in [0, 0.05) is 5.56 Å². The van der Waals surface area contributed by atoms with Gasteiger partial charge >= 0.3 is 0 Å². The number of rotatable bonds is 5. The highest BCUT2D eigenvalue weighted by molar-refractivity contribution is 7.92. The lowest BCUT2D eigenvalue weighted by atomic mass is 10.1. The van der Waals surface area contributed by atoms with E-state index in [0.717, 1.165) is 17.5 Å². The van der Waals surface area contributed by atoms with Crippen molar-refractivity contribution in [3.05, 3.63) is 65.2 Å². The van der Waals surface area contributed by atoms with Crippen molar-refractivity contribution in [2.75, 3.05) is 5.75 Å². The zero-order valence-electron chi connectivity index (χ0n) is 12.2. The number of carbonyl (C=O) groups excluding carboxylic acids is 1. The van der Waals surface area contributed by atoms with Gasteiger partial charge in [0.05, 0.1) is 4.90 Å². The van der Waals surface area contributed by atoms with Gasteiger partial charge in [0.2, 0.25) is 0 Å². The van der Waals surface area contributed by atoms with Crippen molar-refractivity contribution in [2.45, 2.75) is 25.2 Å². The molecule has 0 aliphatic heterocycles. The Morgan fingerprint density at radius 1 is 0.952 bits per heavy atom. The molecule has 0 spiro atoms. The molecule has 4 heteroatoms. The maximum Gasteiger partial charge on any atom is 0.185 e. The van der Waals surface area contributed by atoms with E-state index in [-0.39, 0.29) is 10.7 Å². The molecule has 0 fully saturated rings. The molecular weight excluding hydrogens is 284 g/mol. The van der Waals surface area contributed by atoms with Crippen molar-refractivity contribution in [3.63, 3.8) is 0 Å². The third-order valence-electron chi connectivity index (χ3n) is 3.39. The van der Waals surface area contributed by atoms with Crippen molar-refractivity contribution >= 4 is 15.6 Å². The average Bonchev–Trinajstić information content (AvgIpc) is 2.47. The number of carbonyl (C=O) groups is 1. The summed E-state index contributed by atoms with van der Waals surface area (Å²) < 4.78 is 24.5. The normalized spacial score (nSPS) is 11.3. The molecule has 0 atom stereocenters. The second-order valence-electron chi connectivity index (χ2n) is 5.05. The van der Waals surface area contributed by atoms with E-state index in [1.807, 2.05) is 26.0 Å². The molecule has 2 rings (SSSR count). The summed E-state index contributed by atoms with van der Waals surface area (Å²) in [7, 11) is -3.59. The van der Waals surface area contributed by atoms with Crippen molar-refractivity contribution < 1.29 is 13.2 Å². The summed E-state index contributed by atoms with van der Waals surface area (Å²) in [5, 5.41) is 0. The highest BCUT2D eigenvalue weighted by Crippen LogP contribution is 2.14. The predicted octanol–water partition coefficient (Wildman–Crippen LogP) is 3.21. The molecule has 2 aromatic rings. The summed E-state index contributed by atoms with van der Waals surface area (Å²) in [5.41, 5.74) is 2.53. The molecule has 0 saturated carbocycles. The summed E-state index contributed by atoms with van der Waals surface area (Å²) in [5.74, 6) is -0.875. The van der Waals surface area contributed by atoms with Gasteiger partial charge in [0.25, 0.3) is 0 Å². The zero-order valence-corrected chi connectivity index (χ0v) is 13.0. The van der Waals surface area contributed by atoms with Crippen LogP contribution in [0.2, 0.25) is 0 Å². The van der Waals surface area contributed by atoms with Gasteiger partial charge in [-0.2, -0.15) is 0 Å². The lowest BCUT2D eigenvalue weighted by molar-refractivity contribution is 0.102. The topological polar surface area (TPSA) is 51.2 Å². The van der Waals surface area contributed by atoms with Crippen molar-refractivity contribution in [1.29, 1.82) is 0 Å². The Balaban J connectivity index is 2.19. The van der Waals surface area contributed by atoms with Crippen LogP contribution in [0.25, 0.3) is 0 Å². The third-order valence-corrected chi connectivity index (χ3v) is 5.02.